The molecule has 1 aliphatic rings. The number of benzene rings is 1. The van der Waals surface area contributed by atoms with Crippen molar-refractivity contribution in [1.82, 2.24) is 4.98 Å². The molecule has 0 aliphatic carbocycles. The Bertz CT molecular complexity index is 710. The highest BCUT2D eigenvalue weighted by molar-refractivity contribution is 6.30. The Balaban J connectivity index is 1.79. The molecule has 4 nitrogen and oxygen atoms in total. The summed E-state index contributed by atoms with van der Waals surface area (Å²) >= 11 is 5.79. The van der Waals surface area contributed by atoms with Crippen LogP contribution in [-0.4, -0.2) is 16.8 Å². The Morgan fingerprint density at radius 3 is 2.55 bits per heavy atom. The van der Waals surface area contributed by atoms with Gasteiger partial charge in [0.1, 0.15) is 5.82 Å². The summed E-state index contributed by atoms with van der Waals surface area (Å²) in [5, 5.41) is 0.471. The fraction of sp³-hybridized carbons (Fsp3) is 0.235. The van der Waals surface area contributed by atoms with E-state index in [-0.39, 0.29) is 24.2 Å². The van der Waals surface area contributed by atoms with E-state index in [1.807, 2.05) is 31.2 Å². The molecule has 0 radical (unpaired) electrons. The van der Waals surface area contributed by atoms with E-state index >= 15 is 0 Å². The zero-order chi connectivity index (χ0) is 15.7. The summed E-state index contributed by atoms with van der Waals surface area (Å²) in [6.45, 7) is 2.02. The van der Waals surface area contributed by atoms with Crippen LogP contribution in [0.2, 0.25) is 5.02 Å². The third-order valence-electron chi connectivity index (χ3n) is 3.78. The maximum absolute atomic E-state index is 12.5. The molecule has 5 heteroatoms. The minimum absolute atomic E-state index is 0.194. The average molecular weight is 315 g/mol. The van der Waals surface area contributed by atoms with Gasteiger partial charge in [0.2, 0.25) is 11.8 Å². The van der Waals surface area contributed by atoms with Gasteiger partial charge in [-0.3, -0.25) is 9.59 Å². The molecule has 22 heavy (non-hydrogen) atoms. The van der Waals surface area contributed by atoms with Crippen LogP contribution in [0.1, 0.15) is 17.5 Å². The Labute approximate surface area is 133 Å². The van der Waals surface area contributed by atoms with Gasteiger partial charge in [-0.2, -0.15) is 0 Å². The molecule has 112 valence electrons. The number of carbonyl (C=O) groups excluding carboxylic acids is 2. The lowest BCUT2D eigenvalue weighted by Crippen LogP contribution is -2.31. The second-order valence-corrected chi connectivity index (χ2v) is 5.93. The molecule has 0 saturated carbocycles. The van der Waals surface area contributed by atoms with Gasteiger partial charge in [0.25, 0.3) is 0 Å². The van der Waals surface area contributed by atoms with Gasteiger partial charge in [0, 0.05) is 12.6 Å². The van der Waals surface area contributed by atoms with Gasteiger partial charge < -0.3 is 0 Å². The summed E-state index contributed by atoms with van der Waals surface area (Å²) in [6.07, 6.45) is 2.22. The SMILES string of the molecule is Cc1ccc(C[C@H]2CC(=O)N(c3ccc(Cl)cn3)C2=O)cc1. The van der Waals surface area contributed by atoms with Crippen LogP contribution in [0.15, 0.2) is 42.6 Å². The molecule has 0 unspecified atom stereocenters. The number of aryl methyl sites for hydroxylation is 1. The Hall–Kier alpha value is -2.20. The van der Waals surface area contributed by atoms with E-state index < -0.39 is 0 Å². The van der Waals surface area contributed by atoms with E-state index in [4.69, 9.17) is 11.6 Å². The molecule has 0 bridgehead atoms. The van der Waals surface area contributed by atoms with Crippen LogP contribution in [-0.2, 0) is 16.0 Å². The Morgan fingerprint density at radius 2 is 1.91 bits per heavy atom. The van der Waals surface area contributed by atoms with Crippen LogP contribution < -0.4 is 4.90 Å². The number of carbonyl (C=O) groups is 2. The highest BCUT2D eigenvalue weighted by Crippen LogP contribution is 2.28. The number of imide groups is 1. The first kappa shape index (κ1) is 14.7. The monoisotopic (exact) mass is 314 g/mol. The highest BCUT2D eigenvalue weighted by atomic mass is 35.5. The number of pyridine rings is 1. The van der Waals surface area contributed by atoms with Gasteiger partial charge >= 0.3 is 0 Å². The molecule has 1 fully saturated rings. The second kappa shape index (κ2) is 5.89. The number of rotatable bonds is 3. The predicted octanol–water partition coefficient (Wildman–Crippen LogP) is 3.17. The lowest BCUT2D eigenvalue weighted by molar-refractivity contribution is -0.122. The van der Waals surface area contributed by atoms with Crippen LogP contribution >= 0.6 is 11.6 Å². The molecule has 2 amide bonds. The normalized spacial score (nSPS) is 18.1. The van der Waals surface area contributed by atoms with E-state index in [1.165, 1.54) is 11.8 Å². The molecular formula is C17H15ClN2O2. The first-order valence-electron chi connectivity index (χ1n) is 7.08. The first-order valence-corrected chi connectivity index (χ1v) is 7.46. The Kier molecular flexibility index (Phi) is 3.94. The van der Waals surface area contributed by atoms with E-state index in [0.717, 1.165) is 10.5 Å². The average Bonchev–Trinajstić information content (AvgIpc) is 2.77. The third kappa shape index (κ3) is 2.88. The van der Waals surface area contributed by atoms with Crippen LogP contribution in [0.5, 0.6) is 0 Å². The smallest absolute Gasteiger partial charge is 0.238 e. The maximum atomic E-state index is 12.5. The summed E-state index contributed by atoms with van der Waals surface area (Å²) in [6, 6.07) is 11.2. The van der Waals surface area contributed by atoms with Crippen molar-refractivity contribution < 1.29 is 9.59 Å². The van der Waals surface area contributed by atoms with E-state index in [0.29, 0.717) is 17.3 Å². The van der Waals surface area contributed by atoms with Gasteiger partial charge in [-0.15, -0.1) is 0 Å². The van der Waals surface area contributed by atoms with E-state index in [1.54, 1.807) is 12.1 Å². The molecule has 3 rings (SSSR count). The van der Waals surface area contributed by atoms with Crippen molar-refractivity contribution in [3.63, 3.8) is 0 Å². The lowest BCUT2D eigenvalue weighted by atomic mass is 9.97. The van der Waals surface area contributed by atoms with E-state index in [2.05, 4.69) is 4.98 Å². The predicted molar refractivity (Wildman–Crippen MR) is 84.7 cm³/mol. The van der Waals surface area contributed by atoms with Crippen molar-refractivity contribution in [2.45, 2.75) is 19.8 Å². The van der Waals surface area contributed by atoms with Crippen molar-refractivity contribution in [3.8, 4) is 0 Å². The second-order valence-electron chi connectivity index (χ2n) is 5.49. The summed E-state index contributed by atoms with van der Waals surface area (Å²) < 4.78 is 0. The molecule has 2 aromatic rings. The molecule has 2 heterocycles. The summed E-state index contributed by atoms with van der Waals surface area (Å²) in [7, 11) is 0. The maximum Gasteiger partial charge on any atom is 0.238 e. The number of hydrogen-bond acceptors (Lipinski definition) is 3. The van der Waals surface area contributed by atoms with Crippen LogP contribution in [0.3, 0.4) is 0 Å². The molecule has 1 atom stereocenters. The zero-order valence-electron chi connectivity index (χ0n) is 12.1. The standard InChI is InChI=1S/C17H15ClN2O2/c1-11-2-4-12(5-3-11)8-13-9-16(21)20(17(13)22)15-7-6-14(18)10-19-15/h2-7,10,13H,8-9H2,1H3/t13-/m0/s1. The van der Waals surface area contributed by atoms with Gasteiger partial charge in [-0.05, 0) is 31.0 Å². The van der Waals surface area contributed by atoms with Gasteiger partial charge in [0.05, 0.1) is 10.9 Å². The fourth-order valence-electron chi connectivity index (χ4n) is 2.60. The van der Waals surface area contributed by atoms with Crippen molar-refractivity contribution in [2.24, 2.45) is 5.92 Å². The Morgan fingerprint density at radius 1 is 1.18 bits per heavy atom. The summed E-state index contributed by atoms with van der Waals surface area (Å²) in [5.41, 5.74) is 2.23. The molecule has 1 aromatic carbocycles. The topological polar surface area (TPSA) is 50.3 Å². The van der Waals surface area contributed by atoms with Crippen molar-refractivity contribution >= 4 is 29.2 Å². The van der Waals surface area contributed by atoms with Crippen LogP contribution in [0.4, 0.5) is 5.82 Å². The van der Waals surface area contributed by atoms with Gasteiger partial charge in [-0.1, -0.05) is 41.4 Å². The van der Waals surface area contributed by atoms with Gasteiger partial charge in [-0.25, -0.2) is 9.88 Å². The fourth-order valence-corrected chi connectivity index (χ4v) is 2.72. The highest BCUT2D eigenvalue weighted by Gasteiger charge is 2.39. The largest absolute Gasteiger partial charge is 0.274 e. The number of anilines is 1. The van der Waals surface area contributed by atoms with Crippen molar-refractivity contribution in [3.05, 3.63) is 58.7 Å². The zero-order valence-corrected chi connectivity index (χ0v) is 12.9. The number of halogens is 1. The van der Waals surface area contributed by atoms with Crippen molar-refractivity contribution in [2.75, 3.05) is 4.90 Å². The number of aromatic nitrogens is 1. The van der Waals surface area contributed by atoms with Crippen molar-refractivity contribution in [1.29, 1.82) is 0 Å². The molecule has 0 N–H and O–H groups in total. The first-order chi connectivity index (χ1) is 10.5. The van der Waals surface area contributed by atoms with Crippen LogP contribution in [0.25, 0.3) is 0 Å². The molecule has 1 aliphatic heterocycles. The lowest BCUT2D eigenvalue weighted by Gasteiger charge is -2.14. The minimum Gasteiger partial charge on any atom is -0.274 e. The third-order valence-corrected chi connectivity index (χ3v) is 4.01. The van der Waals surface area contributed by atoms with Gasteiger partial charge in [0.15, 0.2) is 0 Å². The molecule has 0 spiro atoms. The number of amides is 2. The number of nitrogens with zero attached hydrogens (tertiary/aromatic N) is 2. The van der Waals surface area contributed by atoms with E-state index in [9.17, 15) is 9.59 Å². The summed E-state index contributed by atoms with van der Waals surface area (Å²) in [5.74, 6) is -0.393. The molecule has 1 saturated heterocycles. The number of hydrogen-bond donors (Lipinski definition) is 0. The van der Waals surface area contributed by atoms with Crippen LogP contribution in [0, 0.1) is 12.8 Å². The molecular weight excluding hydrogens is 300 g/mol. The quantitative estimate of drug-likeness (QED) is 0.818. The minimum atomic E-state index is -0.326. The molecule has 1 aromatic heterocycles. The summed E-state index contributed by atoms with van der Waals surface area (Å²) in [4.78, 5) is 29.9.